The molecule has 6 aliphatic rings. The molecule has 9 heteroatoms. The highest BCUT2D eigenvalue weighted by Crippen LogP contribution is 2.43. The van der Waals surface area contributed by atoms with Gasteiger partial charge in [-0.1, -0.05) is 24.3 Å². The highest BCUT2D eigenvalue weighted by atomic mass is 35.5. The number of nitrogens with one attached hydrogen (secondary N) is 2. The van der Waals surface area contributed by atoms with Gasteiger partial charge in [0.15, 0.2) is 0 Å². The number of likely N-dealkylation sites (N-methyl/N-ethyl adjacent to an activating group) is 4. The lowest BCUT2D eigenvalue weighted by Crippen LogP contribution is -2.20. The van der Waals surface area contributed by atoms with Crippen molar-refractivity contribution in [3.63, 3.8) is 0 Å². The zero-order valence-corrected chi connectivity index (χ0v) is 31.3. The lowest BCUT2D eigenvalue weighted by molar-refractivity contribution is 0.497. The molecule has 0 fully saturated rings. The average molecular weight is 719 g/mol. The van der Waals surface area contributed by atoms with E-state index in [1.54, 1.807) is 0 Å². The number of hydrogen-bond donors (Lipinski definition) is 2. The molecule has 8 bridgehead atoms. The monoisotopic (exact) mass is 718 g/mol. The number of halogens is 1. The van der Waals surface area contributed by atoms with Crippen molar-refractivity contribution in [2.24, 2.45) is 0 Å². The predicted octanol–water partition coefficient (Wildman–Crippen LogP) is 8.36. The Balaban J connectivity index is 0.00000400. The van der Waals surface area contributed by atoms with E-state index in [1.165, 1.54) is 33.4 Å². The van der Waals surface area contributed by atoms with E-state index in [2.05, 4.69) is 180 Å². The summed E-state index contributed by atoms with van der Waals surface area (Å²) in [5.41, 5.74) is 17.4. The van der Waals surface area contributed by atoms with Gasteiger partial charge in [-0.2, -0.15) is 0 Å². The first kappa shape index (κ1) is 34.1. The van der Waals surface area contributed by atoms with Gasteiger partial charge in [-0.05, 0) is 120 Å². The fourth-order valence-corrected chi connectivity index (χ4v) is 7.85. The Morgan fingerprint density at radius 3 is 1.60 bits per heavy atom. The third-order valence-electron chi connectivity index (χ3n) is 10.2. The standard InChI is InChI=1S/C44H42N8.ClH/c1-49-17-5-9-29(25-49)38-23-37-22-35-14-13-33(45-35)21-34-15-16-36(46-34)24-39-40(30-10-6-18-50(2)26-30)41(31-11-7-19-51(3)27-31)44(48-39)42(43(38)47-37)32-12-8-20-52(4)28-32;/h5-24,45,48H,25-28H2,1-4H3;1H. The molecule has 0 saturated heterocycles. The summed E-state index contributed by atoms with van der Waals surface area (Å²) in [5.74, 6) is 0. The molecule has 0 saturated carbocycles. The summed E-state index contributed by atoms with van der Waals surface area (Å²) in [6, 6.07) is 10.7. The molecule has 0 atom stereocenters. The molecule has 0 unspecified atom stereocenters. The predicted molar refractivity (Wildman–Crippen MR) is 224 cm³/mol. The number of nitrogens with zero attached hydrogens (tertiary/aromatic N) is 6. The normalized spacial score (nSPS) is 17.8. The second-order valence-electron chi connectivity index (χ2n) is 14.4. The average Bonchev–Trinajstić information content (AvgIpc) is 3.93. The third kappa shape index (κ3) is 6.62. The van der Waals surface area contributed by atoms with Crippen LogP contribution in [0.4, 0.5) is 0 Å². The summed E-state index contributed by atoms with van der Waals surface area (Å²) in [4.78, 5) is 27.2. The second-order valence-corrected chi connectivity index (χ2v) is 14.4. The maximum atomic E-state index is 5.55. The maximum Gasteiger partial charge on any atom is 0.0810 e. The minimum atomic E-state index is 0. The molecular formula is C44H43ClN8. The van der Waals surface area contributed by atoms with Crippen LogP contribution in [-0.4, -0.2) is 93.9 Å². The molecule has 2 N–H and O–H groups in total. The summed E-state index contributed by atoms with van der Waals surface area (Å²) in [7, 11) is 8.55. The van der Waals surface area contributed by atoms with Crippen LogP contribution in [0.3, 0.4) is 0 Å². The number of H-pyrrole nitrogens is 2. The largest absolute Gasteiger partial charge is 0.376 e. The Hall–Kier alpha value is -5.99. The van der Waals surface area contributed by atoms with Crippen LogP contribution in [0.25, 0.3) is 62.6 Å². The number of rotatable bonds is 4. The van der Waals surface area contributed by atoms with Crippen LogP contribution >= 0.6 is 12.4 Å². The molecule has 3 aromatic rings. The lowest BCUT2D eigenvalue weighted by atomic mass is 9.88. The fourth-order valence-electron chi connectivity index (χ4n) is 7.85. The van der Waals surface area contributed by atoms with Crippen LogP contribution in [-0.2, 0) is 0 Å². The molecule has 8 nitrogen and oxygen atoms in total. The second kappa shape index (κ2) is 13.9. The number of hydrogen-bond acceptors (Lipinski definition) is 6. The first-order valence-electron chi connectivity index (χ1n) is 17.8. The molecule has 9 heterocycles. The Kier molecular flexibility index (Phi) is 8.92. The smallest absolute Gasteiger partial charge is 0.0810 e. The van der Waals surface area contributed by atoms with Crippen LogP contribution in [0.2, 0.25) is 0 Å². The van der Waals surface area contributed by atoms with Gasteiger partial charge in [0.1, 0.15) is 0 Å². The van der Waals surface area contributed by atoms with Crippen LogP contribution in [0.1, 0.15) is 39.5 Å². The lowest BCUT2D eigenvalue weighted by Gasteiger charge is -2.26. The topological polar surface area (TPSA) is 70.3 Å². The van der Waals surface area contributed by atoms with E-state index in [4.69, 9.17) is 9.97 Å². The van der Waals surface area contributed by atoms with E-state index in [0.717, 1.165) is 82.2 Å². The SMILES string of the molecule is CN1C=CC=C(C2=Cc3cc4ccc(cc5nc(cc6[nH]c(c(C7=CC=CN(C)C7)c2n3)c(C2=CC=CN(C)C2)c6C2=CC=CN(C)C2)C=C5)[nH]4)C1.Cl. The molecule has 0 spiro atoms. The van der Waals surface area contributed by atoms with Gasteiger partial charge in [0, 0.05) is 93.2 Å². The van der Waals surface area contributed by atoms with Crippen molar-refractivity contribution in [1.29, 1.82) is 0 Å². The molecule has 53 heavy (non-hydrogen) atoms. The van der Waals surface area contributed by atoms with Crippen molar-refractivity contribution in [2.75, 3.05) is 54.4 Å². The van der Waals surface area contributed by atoms with E-state index in [0.29, 0.717) is 0 Å². The number of allylic oxidation sites excluding steroid dienone is 8. The van der Waals surface area contributed by atoms with Gasteiger partial charge in [-0.15, -0.1) is 12.4 Å². The zero-order chi connectivity index (χ0) is 35.3. The quantitative estimate of drug-likeness (QED) is 0.221. The third-order valence-corrected chi connectivity index (χ3v) is 10.2. The number of aromatic nitrogens is 4. The van der Waals surface area contributed by atoms with Crippen LogP contribution in [0, 0.1) is 0 Å². The number of aromatic amines is 2. The van der Waals surface area contributed by atoms with E-state index in [-0.39, 0.29) is 12.4 Å². The van der Waals surface area contributed by atoms with Crippen LogP contribution in [0.5, 0.6) is 0 Å². The minimum Gasteiger partial charge on any atom is -0.376 e. The van der Waals surface area contributed by atoms with Gasteiger partial charge in [-0.25, -0.2) is 9.97 Å². The highest BCUT2D eigenvalue weighted by Gasteiger charge is 2.29. The highest BCUT2D eigenvalue weighted by molar-refractivity contribution is 6.05. The summed E-state index contributed by atoms with van der Waals surface area (Å²) in [5, 5.41) is 0. The van der Waals surface area contributed by atoms with E-state index >= 15 is 0 Å². The summed E-state index contributed by atoms with van der Waals surface area (Å²) in [6.45, 7) is 3.11. The molecule has 266 valence electrons. The zero-order valence-electron chi connectivity index (χ0n) is 30.5. The van der Waals surface area contributed by atoms with E-state index in [1.807, 2.05) is 0 Å². The Bertz CT molecular complexity index is 2490. The summed E-state index contributed by atoms with van der Waals surface area (Å²) in [6.07, 6.45) is 32.7. The Labute approximate surface area is 316 Å². The van der Waals surface area contributed by atoms with Gasteiger partial charge < -0.3 is 29.6 Å². The molecule has 0 aliphatic carbocycles. The van der Waals surface area contributed by atoms with Gasteiger partial charge in [0.05, 0.1) is 28.3 Å². The van der Waals surface area contributed by atoms with Crippen molar-refractivity contribution in [2.45, 2.75) is 0 Å². The molecule has 0 radical (unpaired) electrons. The van der Waals surface area contributed by atoms with Crippen LogP contribution < -0.4 is 0 Å². The summed E-state index contributed by atoms with van der Waals surface area (Å²) < 4.78 is 0. The number of fused-ring (bicyclic) bond motifs is 8. The van der Waals surface area contributed by atoms with Gasteiger partial charge in [0.25, 0.3) is 0 Å². The van der Waals surface area contributed by atoms with Crippen LogP contribution in [0.15, 0.2) is 109 Å². The summed E-state index contributed by atoms with van der Waals surface area (Å²) >= 11 is 0. The maximum absolute atomic E-state index is 5.55. The fraction of sp³-hybridized carbons (Fsp3) is 0.182. The van der Waals surface area contributed by atoms with Crippen molar-refractivity contribution >= 4 is 75.0 Å². The van der Waals surface area contributed by atoms with Crippen molar-refractivity contribution in [3.8, 4) is 0 Å². The minimum absolute atomic E-state index is 0. The van der Waals surface area contributed by atoms with Crippen molar-refractivity contribution in [1.82, 2.24) is 39.5 Å². The first-order chi connectivity index (χ1) is 25.3. The van der Waals surface area contributed by atoms with E-state index < -0.39 is 0 Å². The van der Waals surface area contributed by atoms with Crippen molar-refractivity contribution in [3.05, 3.63) is 149 Å². The Morgan fingerprint density at radius 2 is 1.02 bits per heavy atom. The molecule has 3 aromatic heterocycles. The van der Waals surface area contributed by atoms with Gasteiger partial charge >= 0.3 is 0 Å². The van der Waals surface area contributed by atoms with Crippen molar-refractivity contribution < 1.29 is 0 Å². The van der Waals surface area contributed by atoms with Gasteiger partial charge in [-0.3, -0.25) is 0 Å². The van der Waals surface area contributed by atoms with Gasteiger partial charge in [0.2, 0.25) is 0 Å². The Morgan fingerprint density at radius 1 is 0.528 bits per heavy atom. The molecular weight excluding hydrogens is 676 g/mol. The molecule has 9 rings (SSSR count). The molecule has 6 aliphatic heterocycles. The van der Waals surface area contributed by atoms with E-state index in [9.17, 15) is 0 Å². The molecule has 0 aromatic carbocycles. The first-order valence-corrected chi connectivity index (χ1v) is 17.8. The molecule has 0 amide bonds.